The average Bonchev–Trinajstić information content (AvgIpc) is 2.60. The van der Waals surface area contributed by atoms with Gasteiger partial charge in [-0.3, -0.25) is 5.41 Å². The quantitative estimate of drug-likeness (QED) is 0.582. The highest BCUT2D eigenvalue weighted by Crippen LogP contribution is 2.27. The zero-order chi connectivity index (χ0) is 17.5. The lowest BCUT2D eigenvalue weighted by Gasteiger charge is -2.26. The maximum atomic E-state index is 12.7. The van der Waals surface area contributed by atoms with E-state index in [2.05, 4.69) is 5.32 Å². The highest BCUT2D eigenvalue weighted by molar-refractivity contribution is 6.14. The Morgan fingerprint density at radius 3 is 2.12 bits per heavy atom. The van der Waals surface area contributed by atoms with Crippen molar-refractivity contribution in [3.05, 3.63) is 65.2 Å². The summed E-state index contributed by atoms with van der Waals surface area (Å²) in [4.78, 5) is 14.0. The Morgan fingerprint density at radius 1 is 1.04 bits per heavy atom. The highest BCUT2D eigenvalue weighted by atomic mass is 16.2. The molecule has 0 aliphatic carbocycles. The molecule has 126 valence electrons. The number of carbonyl (C=O) groups is 1. The topological polar surface area (TPSA) is 82.2 Å². The smallest absolute Gasteiger partial charge is 0.329 e. The molecule has 0 spiro atoms. The Morgan fingerprint density at radius 2 is 1.62 bits per heavy atom. The molecule has 24 heavy (non-hydrogen) atoms. The van der Waals surface area contributed by atoms with E-state index in [1.165, 1.54) is 4.90 Å². The van der Waals surface area contributed by atoms with Gasteiger partial charge in [-0.05, 0) is 29.5 Å². The van der Waals surface area contributed by atoms with Crippen molar-refractivity contribution in [3.63, 3.8) is 0 Å². The van der Waals surface area contributed by atoms with Crippen LogP contribution in [0.2, 0.25) is 0 Å². The zero-order valence-corrected chi connectivity index (χ0v) is 14.2. The highest BCUT2D eigenvalue weighted by Gasteiger charge is 2.23. The number of rotatable bonds is 5. The van der Waals surface area contributed by atoms with E-state index in [9.17, 15) is 4.79 Å². The van der Waals surface area contributed by atoms with Crippen molar-refractivity contribution >= 4 is 17.7 Å². The summed E-state index contributed by atoms with van der Waals surface area (Å²) in [6, 6.07) is 15.2. The number of nitrogens with zero attached hydrogens (tertiary/aromatic N) is 1. The summed E-state index contributed by atoms with van der Waals surface area (Å²) >= 11 is 0. The summed E-state index contributed by atoms with van der Waals surface area (Å²) in [7, 11) is 0. The number of aryl methyl sites for hydroxylation is 2. The van der Waals surface area contributed by atoms with Gasteiger partial charge in [0, 0.05) is 6.54 Å². The van der Waals surface area contributed by atoms with Gasteiger partial charge < -0.3 is 11.1 Å². The summed E-state index contributed by atoms with van der Waals surface area (Å²) in [6.07, 6.45) is 1.53. The first-order valence-corrected chi connectivity index (χ1v) is 8.15. The Labute approximate surface area is 143 Å². The van der Waals surface area contributed by atoms with E-state index < -0.39 is 0 Å². The molecule has 0 bridgehead atoms. The summed E-state index contributed by atoms with van der Waals surface area (Å²) in [6.45, 7) is 4.44. The van der Waals surface area contributed by atoms with Gasteiger partial charge in [0.25, 0.3) is 0 Å². The Kier molecular flexibility index (Phi) is 5.95. The van der Waals surface area contributed by atoms with Crippen LogP contribution in [0.15, 0.2) is 48.5 Å². The second-order valence-corrected chi connectivity index (χ2v) is 5.50. The predicted molar refractivity (Wildman–Crippen MR) is 98.3 cm³/mol. The van der Waals surface area contributed by atoms with Crippen LogP contribution in [0.1, 0.15) is 30.5 Å². The number of anilines is 1. The minimum absolute atomic E-state index is 0.281. The van der Waals surface area contributed by atoms with Crippen molar-refractivity contribution in [3.8, 4) is 0 Å². The van der Waals surface area contributed by atoms with E-state index in [4.69, 9.17) is 11.1 Å². The summed E-state index contributed by atoms with van der Waals surface area (Å²) in [5, 5.41) is 10.7. The van der Waals surface area contributed by atoms with E-state index >= 15 is 0 Å². The van der Waals surface area contributed by atoms with Gasteiger partial charge in [0.15, 0.2) is 0 Å². The van der Waals surface area contributed by atoms with Gasteiger partial charge >= 0.3 is 6.03 Å². The van der Waals surface area contributed by atoms with Gasteiger partial charge in [-0.1, -0.05) is 62.4 Å². The van der Waals surface area contributed by atoms with E-state index in [0.717, 1.165) is 35.2 Å². The van der Waals surface area contributed by atoms with Crippen LogP contribution < -0.4 is 16.0 Å². The van der Waals surface area contributed by atoms with Gasteiger partial charge in [0.1, 0.15) is 0 Å². The Balaban J connectivity index is 2.29. The molecule has 0 radical (unpaired) electrons. The first-order chi connectivity index (χ1) is 11.6. The van der Waals surface area contributed by atoms with Crippen LogP contribution in [0.5, 0.6) is 0 Å². The molecule has 0 saturated heterocycles. The van der Waals surface area contributed by atoms with Crippen LogP contribution in [0.4, 0.5) is 10.5 Å². The molecule has 4 N–H and O–H groups in total. The minimum atomic E-state index is -0.387. The van der Waals surface area contributed by atoms with Crippen molar-refractivity contribution in [2.75, 3.05) is 4.90 Å². The third-order valence-corrected chi connectivity index (χ3v) is 3.92. The van der Waals surface area contributed by atoms with Gasteiger partial charge in [-0.25, -0.2) is 9.69 Å². The molecule has 2 aromatic carbocycles. The number of amides is 2. The van der Waals surface area contributed by atoms with Crippen LogP contribution in [0.3, 0.4) is 0 Å². The average molecular weight is 324 g/mol. The Bertz CT molecular complexity index is 690. The standard InChI is InChI=1S/C19H24N4O/c1-3-15-11-8-12-16(4-2)17(15)23(18(20)21)19(24)22-13-14-9-6-5-7-10-14/h5-12H,3-4,13H2,1-2H3,(H3,20,21)(H,22,24). The molecule has 0 unspecified atom stereocenters. The number of hydrogen-bond donors (Lipinski definition) is 3. The van der Waals surface area contributed by atoms with Crippen LogP contribution in [-0.4, -0.2) is 12.0 Å². The fourth-order valence-corrected chi connectivity index (χ4v) is 2.69. The van der Waals surface area contributed by atoms with Crippen molar-refractivity contribution < 1.29 is 4.79 Å². The number of nitrogens with one attached hydrogen (secondary N) is 2. The molecule has 2 amide bonds. The van der Waals surface area contributed by atoms with Crippen LogP contribution in [0, 0.1) is 5.41 Å². The van der Waals surface area contributed by atoms with Crippen LogP contribution in [-0.2, 0) is 19.4 Å². The fourth-order valence-electron chi connectivity index (χ4n) is 2.69. The van der Waals surface area contributed by atoms with Gasteiger partial charge in [0.05, 0.1) is 5.69 Å². The summed E-state index contributed by atoms with van der Waals surface area (Å²) < 4.78 is 0. The first-order valence-electron chi connectivity index (χ1n) is 8.15. The second kappa shape index (κ2) is 8.15. The minimum Gasteiger partial charge on any atom is -0.369 e. The van der Waals surface area contributed by atoms with E-state index in [-0.39, 0.29) is 12.0 Å². The lowest BCUT2D eigenvalue weighted by molar-refractivity contribution is 0.248. The first kappa shape index (κ1) is 17.5. The molecule has 5 heteroatoms. The molecule has 0 aliphatic rings. The number of para-hydroxylation sites is 1. The number of nitrogens with two attached hydrogens (primary N) is 1. The largest absolute Gasteiger partial charge is 0.369 e. The van der Waals surface area contributed by atoms with Crippen molar-refractivity contribution in [2.24, 2.45) is 5.73 Å². The lowest BCUT2D eigenvalue weighted by atomic mass is 10.0. The summed E-state index contributed by atoms with van der Waals surface area (Å²) in [5.74, 6) is -0.281. The normalized spacial score (nSPS) is 10.2. The Hall–Kier alpha value is -2.82. The maximum Gasteiger partial charge on any atom is 0.329 e. The third kappa shape index (κ3) is 3.93. The molecule has 0 heterocycles. The molecular formula is C19H24N4O. The molecule has 5 nitrogen and oxygen atoms in total. The summed E-state index contributed by atoms with van der Waals surface area (Å²) in [5.41, 5.74) is 9.45. The molecule has 0 aliphatic heterocycles. The SMILES string of the molecule is CCc1cccc(CC)c1N(C(=N)N)C(=O)NCc1ccccc1. The molecule has 0 atom stereocenters. The molecule has 2 rings (SSSR count). The number of urea groups is 1. The van der Waals surface area contributed by atoms with Gasteiger partial charge in [-0.15, -0.1) is 0 Å². The second-order valence-electron chi connectivity index (χ2n) is 5.50. The van der Waals surface area contributed by atoms with Gasteiger partial charge in [0.2, 0.25) is 5.96 Å². The molecule has 2 aromatic rings. The number of guanidine groups is 1. The predicted octanol–water partition coefficient (Wildman–Crippen LogP) is 3.42. The zero-order valence-electron chi connectivity index (χ0n) is 14.2. The van der Waals surface area contributed by atoms with Crippen LogP contribution in [0.25, 0.3) is 0 Å². The van der Waals surface area contributed by atoms with E-state index in [0.29, 0.717) is 6.54 Å². The van der Waals surface area contributed by atoms with E-state index in [1.807, 2.05) is 62.4 Å². The van der Waals surface area contributed by atoms with Gasteiger partial charge in [-0.2, -0.15) is 0 Å². The molecule has 0 aromatic heterocycles. The number of benzene rings is 2. The number of carbonyl (C=O) groups excluding carboxylic acids is 1. The number of hydrogen-bond acceptors (Lipinski definition) is 2. The van der Waals surface area contributed by atoms with Crippen molar-refractivity contribution in [2.45, 2.75) is 33.2 Å². The molecule has 0 fully saturated rings. The maximum absolute atomic E-state index is 12.7. The lowest BCUT2D eigenvalue weighted by Crippen LogP contribution is -2.47. The molecule has 0 saturated carbocycles. The fraction of sp³-hybridized carbons (Fsp3) is 0.263. The van der Waals surface area contributed by atoms with Crippen LogP contribution >= 0.6 is 0 Å². The van der Waals surface area contributed by atoms with E-state index in [1.54, 1.807) is 0 Å². The third-order valence-electron chi connectivity index (χ3n) is 3.92. The monoisotopic (exact) mass is 324 g/mol. The van der Waals surface area contributed by atoms with Crippen molar-refractivity contribution in [1.29, 1.82) is 5.41 Å². The van der Waals surface area contributed by atoms with Crippen molar-refractivity contribution in [1.82, 2.24) is 5.32 Å². The molecular weight excluding hydrogens is 300 g/mol.